The number of rotatable bonds is 3. The van der Waals surface area contributed by atoms with Crippen LogP contribution in [0.15, 0.2) is 50.9 Å². The van der Waals surface area contributed by atoms with Gasteiger partial charge in [0.15, 0.2) is 0 Å². The summed E-state index contributed by atoms with van der Waals surface area (Å²) in [4.78, 5) is 5.25. The van der Waals surface area contributed by atoms with Crippen molar-refractivity contribution in [2.24, 2.45) is 0 Å². The molecule has 0 bridgehead atoms. The monoisotopic (exact) mass is 343 g/mol. The second-order valence-electron chi connectivity index (χ2n) is 3.75. The van der Waals surface area contributed by atoms with Gasteiger partial charge in [0, 0.05) is 15.6 Å². The van der Waals surface area contributed by atoms with E-state index < -0.39 is 6.10 Å². The van der Waals surface area contributed by atoms with Crippen LogP contribution in [0.4, 0.5) is 0 Å². The van der Waals surface area contributed by atoms with Crippen LogP contribution >= 0.6 is 39.3 Å². The highest BCUT2D eigenvalue weighted by Crippen LogP contribution is 2.34. The third-order valence-corrected chi connectivity index (χ3v) is 4.47. The van der Waals surface area contributed by atoms with E-state index in [1.54, 1.807) is 19.2 Å². The number of pyridine rings is 1. The van der Waals surface area contributed by atoms with Gasteiger partial charge in [-0.2, -0.15) is 0 Å². The van der Waals surface area contributed by atoms with Gasteiger partial charge >= 0.3 is 0 Å². The maximum absolute atomic E-state index is 9.56. The number of benzene rings is 1. The molecule has 0 aliphatic heterocycles. The van der Waals surface area contributed by atoms with Gasteiger partial charge < -0.3 is 5.11 Å². The lowest BCUT2D eigenvalue weighted by Gasteiger charge is -2.09. The van der Waals surface area contributed by atoms with Gasteiger partial charge in [-0.25, -0.2) is 4.98 Å². The Balaban J connectivity index is 2.26. The second-order valence-corrected chi connectivity index (χ2v) is 6.08. The third kappa shape index (κ3) is 3.26. The predicted octanol–water partition coefficient (Wildman–Crippen LogP) is 4.70. The Morgan fingerprint density at radius 3 is 2.78 bits per heavy atom. The SMILES string of the molecule is C[C@H](O)c1ccc(Sc2ncccc2Cl)cc1Br. The molecule has 1 aromatic heterocycles. The Kier molecular flexibility index (Phi) is 4.67. The molecule has 0 aliphatic rings. The fourth-order valence-corrected chi connectivity index (χ4v) is 3.38. The highest BCUT2D eigenvalue weighted by molar-refractivity contribution is 9.10. The van der Waals surface area contributed by atoms with Crippen molar-refractivity contribution in [3.63, 3.8) is 0 Å². The van der Waals surface area contributed by atoms with Crippen molar-refractivity contribution in [3.05, 3.63) is 51.6 Å². The van der Waals surface area contributed by atoms with Gasteiger partial charge in [-0.15, -0.1) is 0 Å². The zero-order chi connectivity index (χ0) is 13.1. The minimum atomic E-state index is -0.489. The number of hydrogen-bond acceptors (Lipinski definition) is 3. The quantitative estimate of drug-likeness (QED) is 0.876. The van der Waals surface area contributed by atoms with E-state index in [0.29, 0.717) is 5.02 Å². The van der Waals surface area contributed by atoms with E-state index in [1.807, 2.05) is 24.3 Å². The summed E-state index contributed by atoms with van der Waals surface area (Å²) < 4.78 is 0.884. The average molecular weight is 345 g/mol. The first kappa shape index (κ1) is 13.9. The molecule has 0 unspecified atom stereocenters. The molecule has 0 spiro atoms. The summed E-state index contributed by atoms with van der Waals surface area (Å²) in [6.07, 6.45) is 1.23. The molecule has 0 fully saturated rings. The smallest absolute Gasteiger partial charge is 0.119 e. The van der Waals surface area contributed by atoms with Crippen LogP contribution in [0.3, 0.4) is 0 Å². The molecule has 1 heterocycles. The lowest BCUT2D eigenvalue weighted by atomic mass is 10.1. The maximum atomic E-state index is 9.56. The minimum Gasteiger partial charge on any atom is -0.389 e. The molecule has 5 heteroatoms. The summed E-state index contributed by atoms with van der Waals surface area (Å²) in [5, 5.41) is 11.0. The van der Waals surface area contributed by atoms with Gasteiger partial charge in [0.05, 0.1) is 11.1 Å². The highest BCUT2D eigenvalue weighted by atomic mass is 79.9. The Morgan fingerprint density at radius 1 is 1.39 bits per heavy atom. The number of halogens is 2. The van der Waals surface area contributed by atoms with Crippen molar-refractivity contribution in [1.82, 2.24) is 4.98 Å². The lowest BCUT2D eigenvalue weighted by molar-refractivity contribution is 0.198. The van der Waals surface area contributed by atoms with Crippen molar-refractivity contribution in [2.75, 3.05) is 0 Å². The molecule has 2 nitrogen and oxygen atoms in total. The molecule has 0 amide bonds. The van der Waals surface area contributed by atoms with E-state index in [1.165, 1.54) is 11.8 Å². The zero-order valence-electron chi connectivity index (χ0n) is 9.60. The van der Waals surface area contributed by atoms with Crippen LogP contribution in [0.1, 0.15) is 18.6 Å². The predicted molar refractivity (Wildman–Crippen MR) is 78.1 cm³/mol. The van der Waals surface area contributed by atoms with Crippen LogP contribution in [-0.4, -0.2) is 10.1 Å². The van der Waals surface area contributed by atoms with E-state index in [0.717, 1.165) is 20.0 Å². The van der Waals surface area contributed by atoms with Crippen molar-refractivity contribution >= 4 is 39.3 Å². The summed E-state index contributed by atoms with van der Waals surface area (Å²) in [6, 6.07) is 9.42. The second kappa shape index (κ2) is 6.06. The molecule has 2 aromatic rings. The first-order chi connectivity index (χ1) is 8.58. The molecule has 0 aliphatic carbocycles. The molecule has 18 heavy (non-hydrogen) atoms. The van der Waals surface area contributed by atoms with Gasteiger partial charge in [-0.3, -0.25) is 0 Å². The van der Waals surface area contributed by atoms with Crippen LogP contribution in [0.25, 0.3) is 0 Å². The third-order valence-electron chi connectivity index (χ3n) is 2.36. The topological polar surface area (TPSA) is 33.1 Å². The molecule has 1 aromatic carbocycles. The zero-order valence-corrected chi connectivity index (χ0v) is 12.8. The van der Waals surface area contributed by atoms with E-state index in [4.69, 9.17) is 11.6 Å². The maximum Gasteiger partial charge on any atom is 0.119 e. The van der Waals surface area contributed by atoms with Gasteiger partial charge in [0.1, 0.15) is 5.03 Å². The lowest BCUT2D eigenvalue weighted by Crippen LogP contribution is -1.92. The van der Waals surface area contributed by atoms with Gasteiger partial charge in [0.25, 0.3) is 0 Å². The van der Waals surface area contributed by atoms with E-state index in [2.05, 4.69) is 20.9 Å². The van der Waals surface area contributed by atoms with Crippen LogP contribution < -0.4 is 0 Å². The van der Waals surface area contributed by atoms with Crippen LogP contribution in [0, 0.1) is 0 Å². The molecule has 1 N–H and O–H groups in total. The molecule has 94 valence electrons. The average Bonchev–Trinajstić information content (AvgIpc) is 2.32. The largest absolute Gasteiger partial charge is 0.389 e. The van der Waals surface area contributed by atoms with Gasteiger partial charge in [0.2, 0.25) is 0 Å². The van der Waals surface area contributed by atoms with E-state index >= 15 is 0 Å². The van der Waals surface area contributed by atoms with Gasteiger partial charge in [-0.1, -0.05) is 45.4 Å². The molecule has 1 atom stereocenters. The molecule has 2 rings (SSSR count). The minimum absolute atomic E-state index is 0.489. The van der Waals surface area contributed by atoms with Crippen molar-refractivity contribution in [3.8, 4) is 0 Å². The number of aliphatic hydroxyl groups excluding tert-OH is 1. The molecule has 0 saturated carbocycles. The Labute approximate surface area is 124 Å². The number of aromatic nitrogens is 1. The first-order valence-corrected chi connectivity index (χ1v) is 7.32. The summed E-state index contributed by atoms with van der Waals surface area (Å²) in [5.41, 5.74) is 0.867. The number of hydrogen-bond donors (Lipinski definition) is 1. The standard InChI is InChI=1S/C13H11BrClNOS/c1-8(17)10-5-4-9(7-11(10)14)18-13-12(15)3-2-6-16-13/h2-8,17H,1H3/t8-/m0/s1. The number of nitrogens with zero attached hydrogens (tertiary/aromatic N) is 1. The Bertz CT molecular complexity index is 562. The normalized spacial score (nSPS) is 12.4. The van der Waals surface area contributed by atoms with Crippen molar-refractivity contribution in [2.45, 2.75) is 22.9 Å². The summed E-state index contributed by atoms with van der Waals surface area (Å²) in [6.45, 7) is 1.74. The summed E-state index contributed by atoms with van der Waals surface area (Å²) in [5.74, 6) is 0. The van der Waals surface area contributed by atoms with Crippen LogP contribution in [0.2, 0.25) is 5.02 Å². The Hall–Kier alpha value is -0.550. The van der Waals surface area contributed by atoms with Gasteiger partial charge in [-0.05, 0) is 36.8 Å². The molecule has 0 radical (unpaired) electrons. The molecular formula is C13H11BrClNOS. The van der Waals surface area contributed by atoms with E-state index in [-0.39, 0.29) is 0 Å². The van der Waals surface area contributed by atoms with Crippen molar-refractivity contribution < 1.29 is 5.11 Å². The molecular weight excluding hydrogens is 334 g/mol. The van der Waals surface area contributed by atoms with E-state index in [9.17, 15) is 5.11 Å². The fourth-order valence-electron chi connectivity index (χ4n) is 1.47. The number of aliphatic hydroxyl groups is 1. The first-order valence-electron chi connectivity index (χ1n) is 5.34. The molecule has 0 saturated heterocycles. The van der Waals surface area contributed by atoms with Crippen molar-refractivity contribution in [1.29, 1.82) is 0 Å². The Morgan fingerprint density at radius 2 is 2.17 bits per heavy atom. The fraction of sp³-hybridized carbons (Fsp3) is 0.154. The van der Waals surface area contributed by atoms with Crippen LogP contribution in [-0.2, 0) is 0 Å². The van der Waals surface area contributed by atoms with Crippen LogP contribution in [0.5, 0.6) is 0 Å². The summed E-state index contributed by atoms with van der Waals surface area (Å²) >= 11 is 11.0. The summed E-state index contributed by atoms with van der Waals surface area (Å²) in [7, 11) is 0. The highest BCUT2D eigenvalue weighted by Gasteiger charge is 2.09.